The van der Waals surface area contributed by atoms with E-state index in [0.717, 1.165) is 34.7 Å². The van der Waals surface area contributed by atoms with Gasteiger partial charge in [-0.1, -0.05) is 36.4 Å². The van der Waals surface area contributed by atoms with Crippen molar-refractivity contribution in [2.24, 2.45) is 0 Å². The third-order valence-electron chi connectivity index (χ3n) is 4.99. The fraction of sp³-hybridized carbons (Fsp3) is 0.167. The van der Waals surface area contributed by atoms with Crippen LogP contribution < -0.4 is 19.9 Å². The molecule has 0 unspecified atom stereocenters. The van der Waals surface area contributed by atoms with Crippen LogP contribution in [0.4, 0.5) is 0 Å². The quantitative estimate of drug-likeness (QED) is 0.875. The highest BCUT2D eigenvalue weighted by atomic mass is 16.5. The fourth-order valence-corrected chi connectivity index (χ4v) is 3.49. The molecule has 2 aromatic carbocycles. The van der Waals surface area contributed by atoms with Crippen LogP contribution in [-0.4, -0.2) is 30.8 Å². The van der Waals surface area contributed by atoms with Gasteiger partial charge < -0.3 is 19.5 Å². The summed E-state index contributed by atoms with van der Waals surface area (Å²) in [5, 5.41) is 12.3. The molecule has 142 valence electrons. The summed E-state index contributed by atoms with van der Waals surface area (Å²) in [5.41, 5.74) is 3.15. The van der Waals surface area contributed by atoms with E-state index in [1.54, 1.807) is 14.2 Å². The molecule has 0 radical (unpaired) electrons. The average Bonchev–Trinajstić information content (AvgIpc) is 3.03. The van der Waals surface area contributed by atoms with E-state index >= 15 is 0 Å². The van der Waals surface area contributed by atoms with Gasteiger partial charge in [0.2, 0.25) is 0 Å². The Balaban J connectivity index is 1.55. The second-order valence-corrected chi connectivity index (χ2v) is 6.82. The molecule has 4 heteroatoms. The molecule has 1 heterocycles. The van der Waals surface area contributed by atoms with Crippen molar-refractivity contribution in [3.63, 3.8) is 0 Å². The Hall–Kier alpha value is -3.40. The molecule has 0 atom stereocenters. The van der Waals surface area contributed by atoms with Gasteiger partial charge in [-0.15, -0.1) is 0 Å². The van der Waals surface area contributed by atoms with Crippen molar-refractivity contribution in [2.45, 2.75) is 6.54 Å². The second-order valence-electron chi connectivity index (χ2n) is 6.82. The first-order valence-corrected chi connectivity index (χ1v) is 9.23. The van der Waals surface area contributed by atoms with Crippen molar-refractivity contribution in [2.75, 3.05) is 20.8 Å². The molecule has 0 saturated carbocycles. The Kier molecular flexibility index (Phi) is 4.94. The molecule has 0 saturated heterocycles. The lowest BCUT2D eigenvalue weighted by Gasteiger charge is -2.22. The van der Waals surface area contributed by atoms with Crippen LogP contribution >= 0.6 is 0 Å². The number of ether oxygens (including phenoxy) is 2. The zero-order valence-corrected chi connectivity index (χ0v) is 16.1. The molecule has 4 nitrogen and oxygen atoms in total. The summed E-state index contributed by atoms with van der Waals surface area (Å²) in [4.78, 5) is 2.25. The number of aliphatic hydroxyl groups is 1. The summed E-state index contributed by atoms with van der Waals surface area (Å²) in [6.07, 6.45) is 10.3. The van der Waals surface area contributed by atoms with Gasteiger partial charge in [0.15, 0.2) is 11.5 Å². The predicted octanol–water partition coefficient (Wildman–Crippen LogP) is 3.05. The molecule has 1 aliphatic carbocycles. The topological polar surface area (TPSA) is 41.9 Å². The van der Waals surface area contributed by atoms with Gasteiger partial charge in [-0.05, 0) is 46.7 Å². The second kappa shape index (κ2) is 7.69. The number of fused-ring (bicyclic) bond motifs is 1. The van der Waals surface area contributed by atoms with Crippen LogP contribution in [0, 0.1) is 0 Å². The van der Waals surface area contributed by atoms with Crippen molar-refractivity contribution < 1.29 is 14.6 Å². The van der Waals surface area contributed by atoms with E-state index < -0.39 is 0 Å². The number of hydrogen-bond acceptors (Lipinski definition) is 4. The Bertz CT molecular complexity index is 1090. The van der Waals surface area contributed by atoms with Crippen molar-refractivity contribution >= 4 is 11.8 Å². The fourth-order valence-electron chi connectivity index (χ4n) is 3.49. The highest BCUT2D eigenvalue weighted by Gasteiger charge is 2.14. The third kappa shape index (κ3) is 3.54. The lowest BCUT2D eigenvalue weighted by molar-refractivity contribution is 0.354. The van der Waals surface area contributed by atoms with Gasteiger partial charge in [-0.25, -0.2) is 0 Å². The Labute approximate surface area is 164 Å². The first-order chi connectivity index (χ1) is 13.7. The highest BCUT2D eigenvalue weighted by Crippen LogP contribution is 2.25. The Morgan fingerprint density at radius 3 is 2.50 bits per heavy atom. The number of nitrogens with zero attached hydrogens (tertiary/aromatic N) is 1. The zero-order valence-electron chi connectivity index (χ0n) is 16.1. The van der Waals surface area contributed by atoms with Crippen LogP contribution in [0.1, 0.15) is 5.56 Å². The summed E-state index contributed by atoms with van der Waals surface area (Å²) in [6.45, 7) is 1.71. The van der Waals surface area contributed by atoms with E-state index in [1.807, 2.05) is 30.4 Å². The maximum atomic E-state index is 10.7. The molecule has 4 rings (SSSR count). The molecule has 1 N–H and O–H groups in total. The van der Waals surface area contributed by atoms with Crippen LogP contribution in [-0.2, 0) is 6.54 Å². The van der Waals surface area contributed by atoms with Crippen LogP contribution in [0.3, 0.4) is 0 Å². The van der Waals surface area contributed by atoms with Crippen molar-refractivity contribution in [1.82, 2.24) is 4.90 Å². The van der Waals surface area contributed by atoms with E-state index in [2.05, 4.69) is 47.5 Å². The molecule has 0 fully saturated rings. The molecule has 0 aromatic heterocycles. The summed E-state index contributed by atoms with van der Waals surface area (Å²) in [7, 11) is 3.20. The molecule has 0 spiro atoms. The van der Waals surface area contributed by atoms with Gasteiger partial charge >= 0.3 is 0 Å². The third-order valence-corrected chi connectivity index (χ3v) is 4.99. The number of aliphatic hydroxyl groups excluding tert-OH is 1. The first kappa shape index (κ1) is 18.0. The van der Waals surface area contributed by atoms with E-state index in [9.17, 15) is 5.11 Å². The van der Waals surface area contributed by atoms with E-state index in [1.165, 1.54) is 5.56 Å². The summed E-state index contributed by atoms with van der Waals surface area (Å²) < 4.78 is 10.7. The van der Waals surface area contributed by atoms with Crippen molar-refractivity contribution in [3.8, 4) is 11.5 Å². The van der Waals surface area contributed by atoms with Crippen molar-refractivity contribution in [3.05, 3.63) is 94.0 Å². The summed E-state index contributed by atoms with van der Waals surface area (Å²) in [6, 6.07) is 14.1. The molecule has 1 aliphatic heterocycles. The zero-order chi connectivity index (χ0) is 19.5. The van der Waals surface area contributed by atoms with E-state index in [-0.39, 0.29) is 5.76 Å². The van der Waals surface area contributed by atoms with Gasteiger partial charge in [-0.2, -0.15) is 0 Å². The standard InChI is InChI=1S/C24H23NO3/c1-27-22-14-19-13-20(24(26)21(19)15-23(22)28-2)12-17-8-10-25(11-9-17)16-18-6-4-3-5-7-18/h3-10,12-15,26H,11,16H2,1-2H3. The lowest BCUT2D eigenvalue weighted by atomic mass is 10.1. The smallest absolute Gasteiger partial charge is 0.161 e. The number of rotatable bonds is 5. The first-order valence-electron chi connectivity index (χ1n) is 9.23. The number of methoxy groups -OCH3 is 2. The predicted molar refractivity (Wildman–Crippen MR) is 111 cm³/mol. The summed E-state index contributed by atoms with van der Waals surface area (Å²) >= 11 is 0. The molecular weight excluding hydrogens is 350 g/mol. The molecule has 0 amide bonds. The molecule has 2 aromatic rings. The Morgan fingerprint density at radius 1 is 1.07 bits per heavy atom. The Morgan fingerprint density at radius 2 is 1.82 bits per heavy atom. The van der Waals surface area contributed by atoms with Crippen molar-refractivity contribution in [1.29, 1.82) is 0 Å². The van der Waals surface area contributed by atoms with Gasteiger partial charge in [0.25, 0.3) is 0 Å². The number of hydrogen-bond donors (Lipinski definition) is 1. The van der Waals surface area contributed by atoms with E-state index in [4.69, 9.17) is 9.47 Å². The minimum Gasteiger partial charge on any atom is -0.507 e. The SMILES string of the molecule is COc1cc2c(cc1OC)=C(O)C(=CC1=CCN(Cc3ccccc3)C=C1)C=2. The number of benzene rings is 2. The van der Waals surface area contributed by atoms with Gasteiger partial charge in [0.05, 0.1) is 14.2 Å². The highest BCUT2D eigenvalue weighted by molar-refractivity contribution is 5.79. The van der Waals surface area contributed by atoms with Crippen LogP contribution in [0.5, 0.6) is 11.5 Å². The van der Waals surface area contributed by atoms with Crippen LogP contribution in [0.25, 0.3) is 11.8 Å². The molecular formula is C24H23NO3. The average molecular weight is 373 g/mol. The number of allylic oxidation sites excluding steroid dienone is 3. The van der Waals surface area contributed by atoms with Crippen LogP contribution in [0.15, 0.2) is 78.0 Å². The normalized spacial score (nSPS) is 16.6. The molecule has 28 heavy (non-hydrogen) atoms. The lowest BCUT2D eigenvalue weighted by Crippen LogP contribution is -2.23. The maximum Gasteiger partial charge on any atom is 0.161 e. The minimum atomic E-state index is 0.261. The minimum absolute atomic E-state index is 0.261. The molecule has 0 bridgehead atoms. The molecule has 2 aliphatic rings. The van der Waals surface area contributed by atoms with E-state index in [0.29, 0.717) is 11.5 Å². The largest absolute Gasteiger partial charge is 0.507 e. The van der Waals surface area contributed by atoms with Gasteiger partial charge in [0.1, 0.15) is 5.76 Å². The van der Waals surface area contributed by atoms with Crippen LogP contribution in [0.2, 0.25) is 0 Å². The summed E-state index contributed by atoms with van der Waals surface area (Å²) in [5.74, 6) is 1.52. The monoisotopic (exact) mass is 373 g/mol. The van der Waals surface area contributed by atoms with Gasteiger partial charge in [0, 0.05) is 30.1 Å². The maximum absolute atomic E-state index is 10.7. The van der Waals surface area contributed by atoms with Gasteiger partial charge in [-0.3, -0.25) is 0 Å².